The normalized spacial score (nSPS) is 11.8. The van der Waals surface area contributed by atoms with Crippen LogP contribution in [0.2, 0.25) is 0 Å². The molecule has 0 spiro atoms. The van der Waals surface area contributed by atoms with Crippen LogP contribution in [0.1, 0.15) is 150 Å². The lowest BCUT2D eigenvalue weighted by molar-refractivity contribution is 0.496. The van der Waals surface area contributed by atoms with Gasteiger partial charge in [0.1, 0.15) is 0 Å². The molecule has 25 heavy (non-hydrogen) atoms. The van der Waals surface area contributed by atoms with E-state index in [1.54, 1.807) is 0 Å². The van der Waals surface area contributed by atoms with Gasteiger partial charge in [0.15, 0.2) is 0 Å². The van der Waals surface area contributed by atoms with Crippen LogP contribution < -0.4 is 0 Å². The van der Waals surface area contributed by atoms with Gasteiger partial charge in [-0.1, -0.05) is 150 Å². The van der Waals surface area contributed by atoms with E-state index in [1.807, 2.05) is 0 Å². The summed E-state index contributed by atoms with van der Waals surface area (Å²) in [5.41, 5.74) is 0. The van der Waals surface area contributed by atoms with E-state index in [0.29, 0.717) is 0 Å². The summed E-state index contributed by atoms with van der Waals surface area (Å²) < 4.78 is 0. The maximum Gasteiger partial charge on any atom is -0.0471 e. The average Bonchev–Trinajstić information content (AvgIpc) is 2.56. The van der Waals surface area contributed by atoms with Crippen LogP contribution in [0.5, 0.6) is 0 Å². The Labute approximate surface area is 161 Å². The zero-order valence-electron chi connectivity index (χ0n) is 18.6. The molecular weight excluding hydrogens is 300 g/mol. The van der Waals surface area contributed by atoms with E-state index in [-0.39, 0.29) is 0 Å². The fourth-order valence-corrected chi connectivity index (χ4v) is 3.76. The van der Waals surface area contributed by atoms with Gasteiger partial charge in [-0.2, -0.15) is 0 Å². The summed E-state index contributed by atoms with van der Waals surface area (Å²) in [7, 11) is 0. The highest BCUT2D eigenvalue weighted by molar-refractivity contribution is 4.52. The predicted octanol–water partition coefficient (Wildman–Crippen LogP) is 9.71. The first-order valence-corrected chi connectivity index (χ1v) is 12.1. The predicted molar refractivity (Wildman–Crippen MR) is 117 cm³/mol. The summed E-state index contributed by atoms with van der Waals surface area (Å²) in [5.74, 6) is 1.80. The Hall–Kier alpha value is 0. The smallest absolute Gasteiger partial charge is 0.0471 e. The standard InChI is InChI=1S/C25H52/c1-24(2)22-20-18-16-14-12-10-8-6-5-7-9-11-13-15-17-19-21-23-25(3)4/h24-25H,5-23H2,1-4H3. The van der Waals surface area contributed by atoms with E-state index in [1.165, 1.54) is 122 Å². The maximum atomic E-state index is 2.34. The lowest BCUT2D eigenvalue weighted by Crippen LogP contribution is -1.87. The third kappa shape index (κ3) is 24.0. The van der Waals surface area contributed by atoms with Crippen LogP contribution in [0, 0.1) is 11.8 Å². The van der Waals surface area contributed by atoms with Crippen LogP contribution in [0.25, 0.3) is 0 Å². The van der Waals surface area contributed by atoms with E-state index >= 15 is 0 Å². The summed E-state index contributed by atoms with van der Waals surface area (Å²) in [4.78, 5) is 0. The van der Waals surface area contributed by atoms with E-state index in [9.17, 15) is 0 Å². The van der Waals surface area contributed by atoms with Gasteiger partial charge in [-0.3, -0.25) is 0 Å². The molecule has 0 aromatic heterocycles. The van der Waals surface area contributed by atoms with Crippen molar-refractivity contribution in [3.63, 3.8) is 0 Å². The van der Waals surface area contributed by atoms with Gasteiger partial charge in [-0.05, 0) is 11.8 Å². The molecule has 0 saturated carbocycles. The lowest BCUT2D eigenvalue weighted by Gasteiger charge is -2.05. The first-order valence-electron chi connectivity index (χ1n) is 12.1. The van der Waals surface area contributed by atoms with E-state index in [4.69, 9.17) is 0 Å². The van der Waals surface area contributed by atoms with Crippen molar-refractivity contribution in [2.45, 2.75) is 150 Å². The van der Waals surface area contributed by atoms with Crippen LogP contribution in [0.15, 0.2) is 0 Å². The molecule has 152 valence electrons. The van der Waals surface area contributed by atoms with Crippen molar-refractivity contribution in [3.8, 4) is 0 Å². The highest BCUT2D eigenvalue weighted by atomic mass is 14.0. The molecule has 0 amide bonds. The molecule has 0 bridgehead atoms. The van der Waals surface area contributed by atoms with Crippen molar-refractivity contribution in [1.29, 1.82) is 0 Å². The van der Waals surface area contributed by atoms with Crippen LogP contribution in [0.3, 0.4) is 0 Å². The first-order chi connectivity index (χ1) is 12.1. The molecule has 0 atom stereocenters. The molecule has 0 radical (unpaired) electrons. The van der Waals surface area contributed by atoms with Crippen molar-refractivity contribution in [1.82, 2.24) is 0 Å². The van der Waals surface area contributed by atoms with Crippen molar-refractivity contribution in [3.05, 3.63) is 0 Å². The largest absolute Gasteiger partial charge is 0.0628 e. The molecule has 0 N–H and O–H groups in total. The Morgan fingerprint density at radius 3 is 0.600 bits per heavy atom. The van der Waals surface area contributed by atoms with Crippen molar-refractivity contribution in [2.24, 2.45) is 11.8 Å². The molecule has 0 aromatic carbocycles. The molecule has 0 aromatic rings. The third-order valence-corrected chi connectivity index (χ3v) is 5.56. The molecule has 0 aliphatic rings. The van der Waals surface area contributed by atoms with E-state index < -0.39 is 0 Å². The zero-order valence-corrected chi connectivity index (χ0v) is 18.6. The third-order valence-electron chi connectivity index (χ3n) is 5.56. The quantitative estimate of drug-likeness (QED) is 0.191. The summed E-state index contributed by atoms with van der Waals surface area (Å²) in [6, 6.07) is 0. The van der Waals surface area contributed by atoms with Crippen LogP contribution in [0.4, 0.5) is 0 Å². The first kappa shape index (κ1) is 25.0. The Kier molecular flexibility index (Phi) is 20.3. The van der Waals surface area contributed by atoms with Gasteiger partial charge in [-0.25, -0.2) is 0 Å². The SMILES string of the molecule is CC(C)CCCCCCCCCCCCCCCCCCCC(C)C. The highest BCUT2D eigenvalue weighted by Crippen LogP contribution is 2.15. The number of unbranched alkanes of at least 4 members (excludes halogenated alkanes) is 16. The van der Waals surface area contributed by atoms with Gasteiger partial charge in [0, 0.05) is 0 Å². The molecule has 0 aliphatic carbocycles. The maximum absolute atomic E-state index is 2.34. The summed E-state index contributed by atoms with van der Waals surface area (Å²) >= 11 is 0. The number of hydrogen-bond donors (Lipinski definition) is 0. The Morgan fingerprint density at radius 1 is 0.280 bits per heavy atom. The highest BCUT2D eigenvalue weighted by Gasteiger charge is 1.97. The van der Waals surface area contributed by atoms with Gasteiger partial charge in [0.25, 0.3) is 0 Å². The average molecular weight is 353 g/mol. The topological polar surface area (TPSA) is 0 Å². The Morgan fingerprint density at radius 2 is 0.440 bits per heavy atom. The van der Waals surface area contributed by atoms with Crippen LogP contribution in [-0.4, -0.2) is 0 Å². The molecule has 0 nitrogen and oxygen atoms in total. The Balaban J connectivity index is 2.98. The summed E-state index contributed by atoms with van der Waals surface area (Å²) in [6.45, 7) is 9.37. The molecule has 0 unspecified atom stereocenters. The molecule has 0 rings (SSSR count). The van der Waals surface area contributed by atoms with Crippen molar-refractivity contribution < 1.29 is 0 Å². The Bertz CT molecular complexity index is 204. The van der Waals surface area contributed by atoms with Crippen molar-refractivity contribution in [2.75, 3.05) is 0 Å². The molecule has 0 heteroatoms. The second kappa shape index (κ2) is 20.3. The zero-order chi connectivity index (χ0) is 18.6. The minimum absolute atomic E-state index is 0.898. The van der Waals surface area contributed by atoms with Gasteiger partial charge >= 0.3 is 0 Å². The fraction of sp³-hybridized carbons (Fsp3) is 1.00. The minimum atomic E-state index is 0.898. The minimum Gasteiger partial charge on any atom is -0.0628 e. The van der Waals surface area contributed by atoms with Gasteiger partial charge in [0.2, 0.25) is 0 Å². The molecule has 0 aliphatic heterocycles. The van der Waals surface area contributed by atoms with Crippen LogP contribution >= 0.6 is 0 Å². The molecule has 0 saturated heterocycles. The lowest BCUT2D eigenvalue weighted by atomic mass is 10.0. The second-order valence-corrected chi connectivity index (χ2v) is 9.38. The van der Waals surface area contributed by atoms with Gasteiger partial charge < -0.3 is 0 Å². The van der Waals surface area contributed by atoms with Crippen molar-refractivity contribution >= 4 is 0 Å². The van der Waals surface area contributed by atoms with E-state index in [2.05, 4.69) is 27.7 Å². The molecular formula is C25H52. The number of hydrogen-bond acceptors (Lipinski definition) is 0. The molecule has 0 heterocycles. The summed E-state index contributed by atoms with van der Waals surface area (Å²) in [6.07, 6.45) is 28.0. The second-order valence-electron chi connectivity index (χ2n) is 9.38. The summed E-state index contributed by atoms with van der Waals surface area (Å²) in [5, 5.41) is 0. The molecule has 0 fully saturated rings. The number of rotatable bonds is 20. The van der Waals surface area contributed by atoms with E-state index in [0.717, 1.165) is 11.8 Å². The monoisotopic (exact) mass is 352 g/mol. The fourth-order valence-electron chi connectivity index (χ4n) is 3.76. The van der Waals surface area contributed by atoms with Crippen LogP contribution in [-0.2, 0) is 0 Å². The van der Waals surface area contributed by atoms with Gasteiger partial charge in [-0.15, -0.1) is 0 Å². The van der Waals surface area contributed by atoms with Gasteiger partial charge in [0.05, 0.1) is 0 Å².